The number of likely N-dealkylation sites (tertiary alicyclic amines) is 1. The minimum atomic E-state index is 0.112. The van der Waals surface area contributed by atoms with E-state index in [2.05, 4.69) is 13.8 Å². The Bertz CT molecular complexity index is 265. The Kier molecular flexibility index (Phi) is 3.24. The summed E-state index contributed by atoms with van der Waals surface area (Å²) >= 11 is 0. The number of hydrogen-bond donors (Lipinski definition) is 1. The lowest BCUT2D eigenvalue weighted by Crippen LogP contribution is -2.46. The Morgan fingerprint density at radius 2 is 1.88 bits per heavy atom. The zero-order chi connectivity index (χ0) is 11.8. The van der Waals surface area contributed by atoms with Gasteiger partial charge < -0.3 is 10.6 Å². The van der Waals surface area contributed by atoms with Crippen molar-refractivity contribution in [3.8, 4) is 0 Å². The van der Waals surface area contributed by atoms with Crippen molar-refractivity contribution in [1.29, 1.82) is 0 Å². The number of nitrogens with zero attached hydrogens (tertiary/aromatic N) is 1. The maximum absolute atomic E-state index is 12.3. The van der Waals surface area contributed by atoms with Crippen molar-refractivity contribution in [3.05, 3.63) is 0 Å². The number of carbonyl (C=O) groups is 1. The van der Waals surface area contributed by atoms with Gasteiger partial charge in [-0.3, -0.25) is 4.79 Å². The van der Waals surface area contributed by atoms with E-state index in [1.165, 1.54) is 0 Å². The van der Waals surface area contributed by atoms with Gasteiger partial charge >= 0.3 is 0 Å². The molecule has 0 spiro atoms. The molecule has 0 radical (unpaired) electrons. The highest BCUT2D eigenvalue weighted by molar-refractivity contribution is 5.80. The number of hydrogen-bond acceptors (Lipinski definition) is 2. The van der Waals surface area contributed by atoms with Crippen LogP contribution in [-0.4, -0.2) is 29.9 Å². The van der Waals surface area contributed by atoms with Crippen LogP contribution in [0.2, 0.25) is 0 Å². The van der Waals surface area contributed by atoms with Crippen LogP contribution < -0.4 is 5.73 Å². The molecule has 2 atom stereocenters. The Hall–Kier alpha value is -0.570. The van der Waals surface area contributed by atoms with Gasteiger partial charge in [0.25, 0.3) is 0 Å². The molecule has 0 aromatic heterocycles. The monoisotopic (exact) mass is 224 g/mol. The van der Waals surface area contributed by atoms with Gasteiger partial charge in [0.2, 0.25) is 5.91 Å². The van der Waals surface area contributed by atoms with E-state index in [9.17, 15) is 4.79 Å². The highest BCUT2D eigenvalue weighted by Crippen LogP contribution is 2.32. The third-order valence-electron chi connectivity index (χ3n) is 4.32. The van der Waals surface area contributed by atoms with Crippen LogP contribution in [0.15, 0.2) is 0 Å². The molecule has 1 saturated carbocycles. The Morgan fingerprint density at radius 1 is 1.25 bits per heavy atom. The molecular formula is C13H24N2O. The third kappa shape index (κ3) is 2.40. The van der Waals surface area contributed by atoms with Crippen LogP contribution in [-0.2, 0) is 4.79 Å². The van der Waals surface area contributed by atoms with E-state index < -0.39 is 0 Å². The summed E-state index contributed by atoms with van der Waals surface area (Å²) in [6, 6.07) is 0.113. The van der Waals surface area contributed by atoms with Crippen molar-refractivity contribution in [3.63, 3.8) is 0 Å². The molecule has 0 bridgehead atoms. The summed E-state index contributed by atoms with van der Waals surface area (Å²) in [7, 11) is 0. The van der Waals surface area contributed by atoms with Crippen LogP contribution in [0.4, 0.5) is 0 Å². The Balaban J connectivity index is 1.91. The molecule has 1 aliphatic heterocycles. The molecule has 16 heavy (non-hydrogen) atoms. The topological polar surface area (TPSA) is 46.3 Å². The highest BCUT2D eigenvalue weighted by Gasteiger charge is 2.35. The first-order chi connectivity index (χ1) is 7.49. The van der Waals surface area contributed by atoms with Gasteiger partial charge in [-0.15, -0.1) is 0 Å². The van der Waals surface area contributed by atoms with Crippen LogP contribution in [0.3, 0.4) is 0 Å². The van der Waals surface area contributed by atoms with Gasteiger partial charge in [0.05, 0.1) is 5.92 Å². The second-order valence-electron chi connectivity index (χ2n) is 6.19. The molecule has 1 amide bonds. The largest absolute Gasteiger partial charge is 0.342 e. The van der Waals surface area contributed by atoms with Gasteiger partial charge in [-0.25, -0.2) is 0 Å². The number of piperidine rings is 1. The average molecular weight is 224 g/mol. The second-order valence-corrected chi connectivity index (χ2v) is 6.19. The second kappa shape index (κ2) is 4.36. The van der Waals surface area contributed by atoms with Crippen LogP contribution in [0, 0.1) is 11.3 Å². The van der Waals surface area contributed by atoms with Crippen molar-refractivity contribution < 1.29 is 4.79 Å². The van der Waals surface area contributed by atoms with Gasteiger partial charge in [-0.1, -0.05) is 20.3 Å². The lowest BCUT2D eigenvalue weighted by Gasteiger charge is -2.38. The normalized spacial score (nSPS) is 34.1. The lowest BCUT2D eigenvalue weighted by atomic mass is 9.82. The van der Waals surface area contributed by atoms with E-state index >= 15 is 0 Å². The quantitative estimate of drug-likeness (QED) is 0.737. The molecule has 2 fully saturated rings. The van der Waals surface area contributed by atoms with E-state index in [1.54, 1.807) is 0 Å². The maximum atomic E-state index is 12.3. The summed E-state index contributed by atoms with van der Waals surface area (Å²) in [5.74, 6) is 0.432. The number of rotatable bonds is 1. The zero-order valence-corrected chi connectivity index (χ0v) is 10.5. The summed E-state index contributed by atoms with van der Waals surface area (Å²) in [5.41, 5.74) is 6.40. The van der Waals surface area contributed by atoms with Gasteiger partial charge in [0.15, 0.2) is 0 Å². The number of carbonyl (C=O) groups excluding carboxylic acids is 1. The van der Waals surface area contributed by atoms with Gasteiger partial charge in [-0.2, -0.15) is 0 Å². The minimum absolute atomic E-state index is 0.112. The molecular weight excluding hydrogens is 200 g/mol. The van der Waals surface area contributed by atoms with Crippen molar-refractivity contribution in [2.45, 2.75) is 52.0 Å². The van der Waals surface area contributed by atoms with E-state index in [0.29, 0.717) is 11.3 Å². The van der Waals surface area contributed by atoms with E-state index in [4.69, 9.17) is 5.73 Å². The van der Waals surface area contributed by atoms with E-state index in [-0.39, 0.29) is 12.0 Å². The van der Waals surface area contributed by atoms with Crippen LogP contribution in [0.25, 0.3) is 0 Å². The maximum Gasteiger partial charge on any atom is 0.227 e. The molecule has 1 heterocycles. The molecule has 2 rings (SSSR count). The molecule has 2 aliphatic rings. The molecule has 0 aromatic carbocycles. The molecule has 92 valence electrons. The smallest absolute Gasteiger partial charge is 0.227 e. The van der Waals surface area contributed by atoms with Crippen molar-refractivity contribution in [2.24, 2.45) is 17.1 Å². The molecule has 3 heteroatoms. The highest BCUT2D eigenvalue weighted by atomic mass is 16.2. The predicted molar refractivity (Wildman–Crippen MR) is 64.9 cm³/mol. The van der Waals surface area contributed by atoms with Crippen LogP contribution in [0.1, 0.15) is 46.0 Å². The molecule has 2 unspecified atom stereocenters. The summed E-state index contributed by atoms with van der Waals surface area (Å²) in [6.45, 7) is 6.43. The fourth-order valence-electron chi connectivity index (χ4n) is 2.86. The van der Waals surface area contributed by atoms with Gasteiger partial charge in [-0.05, 0) is 31.1 Å². The summed E-state index contributed by atoms with van der Waals surface area (Å²) in [5, 5.41) is 0. The van der Waals surface area contributed by atoms with Gasteiger partial charge in [0, 0.05) is 19.1 Å². The molecule has 3 nitrogen and oxygen atoms in total. The third-order valence-corrected chi connectivity index (χ3v) is 4.32. The summed E-state index contributed by atoms with van der Waals surface area (Å²) < 4.78 is 0. The lowest BCUT2D eigenvalue weighted by molar-refractivity contribution is -0.137. The Labute approximate surface area is 98.4 Å². The SMILES string of the molecule is CC1(C)CCN(C(=O)C2CCCC2N)CC1. The first kappa shape index (κ1) is 11.9. The predicted octanol–water partition coefficient (Wildman–Crippen LogP) is 1.76. The zero-order valence-electron chi connectivity index (χ0n) is 10.5. The fourth-order valence-corrected chi connectivity index (χ4v) is 2.86. The standard InChI is InChI=1S/C13H24N2O/c1-13(2)6-8-15(9-7-13)12(16)10-4-3-5-11(10)14/h10-11H,3-9,14H2,1-2H3. The minimum Gasteiger partial charge on any atom is -0.342 e. The molecule has 1 aliphatic carbocycles. The van der Waals surface area contributed by atoms with Crippen molar-refractivity contribution in [1.82, 2.24) is 4.90 Å². The fraction of sp³-hybridized carbons (Fsp3) is 0.923. The van der Waals surface area contributed by atoms with Crippen LogP contribution in [0.5, 0.6) is 0 Å². The summed E-state index contributed by atoms with van der Waals surface area (Å²) in [4.78, 5) is 14.3. The van der Waals surface area contributed by atoms with Crippen LogP contribution >= 0.6 is 0 Å². The Morgan fingerprint density at radius 3 is 2.38 bits per heavy atom. The average Bonchev–Trinajstić information content (AvgIpc) is 2.63. The molecule has 2 N–H and O–H groups in total. The first-order valence-corrected chi connectivity index (χ1v) is 6.54. The number of nitrogens with two attached hydrogens (primary N) is 1. The van der Waals surface area contributed by atoms with Gasteiger partial charge in [0.1, 0.15) is 0 Å². The molecule has 1 saturated heterocycles. The molecule has 0 aromatic rings. The van der Waals surface area contributed by atoms with Crippen molar-refractivity contribution >= 4 is 5.91 Å². The summed E-state index contributed by atoms with van der Waals surface area (Å²) in [6.07, 6.45) is 5.40. The number of amides is 1. The van der Waals surface area contributed by atoms with E-state index in [0.717, 1.165) is 45.2 Å². The van der Waals surface area contributed by atoms with Crippen molar-refractivity contribution in [2.75, 3.05) is 13.1 Å². The first-order valence-electron chi connectivity index (χ1n) is 6.54. The van der Waals surface area contributed by atoms with E-state index in [1.807, 2.05) is 4.90 Å².